The van der Waals surface area contributed by atoms with Gasteiger partial charge in [-0.25, -0.2) is 0 Å². The molecule has 6 nitrogen and oxygen atoms in total. The summed E-state index contributed by atoms with van der Waals surface area (Å²) in [5, 5.41) is 2.86. The Labute approximate surface area is 250 Å². The largest absolute Gasteiger partial charge is 0.493 e. The average Bonchev–Trinajstić information content (AvgIpc) is 3.00. The lowest BCUT2D eigenvalue weighted by atomic mass is 9.95. The van der Waals surface area contributed by atoms with Gasteiger partial charge in [-0.05, 0) is 40.7 Å². The van der Waals surface area contributed by atoms with Crippen LogP contribution in [0.15, 0.2) is 54.6 Å². The highest BCUT2D eigenvalue weighted by Gasteiger charge is 2.17. The van der Waals surface area contributed by atoms with Crippen molar-refractivity contribution in [3.63, 3.8) is 0 Å². The first-order valence-corrected chi connectivity index (χ1v) is 15.4. The Hall–Kier alpha value is -4.21. The molecule has 0 spiro atoms. The predicted molar refractivity (Wildman–Crippen MR) is 166 cm³/mol. The van der Waals surface area contributed by atoms with Gasteiger partial charge in [-0.3, -0.25) is 0 Å². The van der Waals surface area contributed by atoms with Gasteiger partial charge in [-0.2, -0.15) is 0 Å². The maximum Gasteiger partial charge on any atom is 0.191 e. The highest BCUT2D eigenvalue weighted by Crippen LogP contribution is 2.25. The third kappa shape index (κ3) is 8.15. The molecule has 0 aromatic heterocycles. The van der Waals surface area contributed by atoms with E-state index in [0.29, 0.717) is 34.5 Å². The Morgan fingerprint density at radius 3 is 1.00 bits per heavy atom. The Bertz CT molecular complexity index is 1350. The maximum absolute atomic E-state index is 5.58. The van der Waals surface area contributed by atoms with Gasteiger partial charge in [0.15, 0.2) is 63.1 Å². The second-order valence-corrected chi connectivity index (χ2v) is 11.5. The zero-order valence-electron chi connectivity index (χ0n) is 24.1. The second-order valence-electron chi connectivity index (χ2n) is 8.37. The highest BCUT2D eigenvalue weighted by atomic mass is 28.2. The van der Waals surface area contributed by atoms with Crippen LogP contribution in [-0.4, -0.2) is 71.2 Å². The molecular weight excluding hydrogens is 565 g/mol. The number of para-hydroxylation sites is 3. The number of hydrogen-bond acceptors (Lipinski definition) is 6. The van der Waals surface area contributed by atoms with E-state index in [0.717, 1.165) is 15.6 Å². The van der Waals surface area contributed by atoms with Crippen molar-refractivity contribution >= 4 is 44.1 Å². The molecule has 3 aromatic rings. The molecule has 6 radical (unpaired) electrons. The average molecular weight is 595 g/mol. The molecule has 0 saturated carbocycles. The standard InChI is InChI=1S/C32H30O6Si3/c1-32(17-20-39-26-14-8-11-23(33-2)29(26)36-5,18-21-40-27-15-9-12-24(34-3)30(27)37-6)19-22-41-28-16-10-13-25(35-4)31(28)38-7/h8-16H,1-7H3. The predicted octanol–water partition coefficient (Wildman–Crippen LogP) is 2.02. The quantitative estimate of drug-likeness (QED) is 0.279. The number of methoxy groups -OCH3 is 6. The Kier molecular flexibility index (Phi) is 11.9. The van der Waals surface area contributed by atoms with Crippen molar-refractivity contribution < 1.29 is 28.4 Å². The van der Waals surface area contributed by atoms with Crippen molar-refractivity contribution in [3.8, 4) is 68.9 Å². The van der Waals surface area contributed by atoms with Crippen LogP contribution in [0.25, 0.3) is 0 Å². The van der Waals surface area contributed by atoms with E-state index >= 15 is 0 Å². The van der Waals surface area contributed by atoms with E-state index in [1.165, 1.54) is 0 Å². The van der Waals surface area contributed by atoms with Gasteiger partial charge in [0.25, 0.3) is 0 Å². The maximum atomic E-state index is 5.58. The van der Waals surface area contributed by atoms with Gasteiger partial charge in [-0.1, -0.05) is 54.2 Å². The molecule has 0 bridgehead atoms. The van der Waals surface area contributed by atoms with E-state index in [2.05, 4.69) is 34.4 Å². The summed E-state index contributed by atoms with van der Waals surface area (Å²) in [7, 11) is 10.2. The lowest BCUT2D eigenvalue weighted by Gasteiger charge is -2.12. The van der Waals surface area contributed by atoms with Crippen LogP contribution in [0.3, 0.4) is 0 Å². The van der Waals surface area contributed by atoms with Crippen LogP contribution in [0, 0.1) is 39.8 Å². The molecule has 0 atom stereocenters. The second kappa shape index (κ2) is 15.5. The molecule has 0 fully saturated rings. The molecule has 206 valence electrons. The third-order valence-corrected chi connectivity index (χ3v) is 8.48. The zero-order chi connectivity index (χ0) is 29.7. The van der Waals surface area contributed by atoms with Gasteiger partial charge < -0.3 is 28.4 Å². The van der Waals surface area contributed by atoms with Crippen molar-refractivity contribution in [2.45, 2.75) is 6.92 Å². The van der Waals surface area contributed by atoms with Crippen LogP contribution >= 0.6 is 0 Å². The number of hydrogen-bond donors (Lipinski definition) is 0. The molecule has 0 N–H and O–H groups in total. The van der Waals surface area contributed by atoms with E-state index in [1.54, 1.807) is 42.7 Å². The number of rotatable bonds is 9. The van der Waals surface area contributed by atoms with E-state index in [-0.39, 0.29) is 28.6 Å². The molecule has 0 saturated heterocycles. The van der Waals surface area contributed by atoms with Gasteiger partial charge in [-0.15, -0.1) is 16.6 Å². The van der Waals surface area contributed by atoms with Gasteiger partial charge in [0.2, 0.25) is 0 Å². The molecular formula is C32H30O6Si3. The molecule has 3 aromatic carbocycles. The first-order valence-electron chi connectivity index (χ1n) is 12.4. The minimum absolute atomic E-state index is 0.161. The lowest BCUT2D eigenvalue weighted by Crippen LogP contribution is -2.19. The fourth-order valence-electron chi connectivity index (χ4n) is 3.72. The topological polar surface area (TPSA) is 55.4 Å². The van der Waals surface area contributed by atoms with Gasteiger partial charge >= 0.3 is 0 Å². The monoisotopic (exact) mass is 594 g/mol. The minimum Gasteiger partial charge on any atom is -0.493 e. The summed E-state index contributed by atoms with van der Waals surface area (Å²) in [5.74, 6) is 14.0. The molecule has 0 unspecified atom stereocenters. The summed E-state index contributed by atoms with van der Waals surface area (Å²) in [4.78, 5) is 0. The summed E-state index contributed by atoms with van der Waals surface area (Å²) in [6, 6.07) is 17.3. The van der Waals surface area contributed by atoms with Crippen LogP contribution in [0.4, 0.5) is 0 Å². The number of benzene rings is 3. The summed E-state index contributed by atoms with van der Waals surface area (Å²) in [6.07, 6.45) is 0. The smallest absolute Gasteiger partial charge is 0.191 e. The van der Waals surface area contributed by atoms with Gasteiger partial charge in [0, 0.05) is 0 Å². The normalized spacial score (nSPS) is 10.0. The SMILES string of the molecule is COc1cccc([Si]C#CC(C)(C#C[Si]c2cccc(OC)c2OC)C#C[Si]c2cccc(OC)c2OC)c1OC. The molecule has 41 heavy (non-hydrogen) atoms. The van der Waals surface area contributed by atoms with Crippen molar-refractivity contribution in [2.24, 2.45) is 5.41 Å². The van der Waals surface area contributed by atoms with Crippen molar-refractivity contribution in [3.05, 3.63) is 54.6 Å². The molecule has 0 aliphatic carbocycles. The molecule has 9 heteroatoms. The van der Waals surface area contributed by atoms with E-state index in [4.69, 9.17) is 28.4 Å². The van der Waals surface area contributed by atoms with E-state index < -0.39 is 5.41 Å². The first kappa shape index (κ1) is 31.3. The molecule has 0 heterocycles. The third-order valence-electron chi connectivity index (χ3n) is 5.74. The van der Waals surface area contributed by atoms with Crippen molar-refractivity contribution in [1.29, 1.82) is 0 Å². The molecule has 3 rings (SSSR count). The fraction of sp³-hybridized carbons (Fsp3) is 0.250. The molecule has 0 aliphatic heterocycles. The molecule has 0 amide bonds. The zero-order valence-corrected chi connectivity index (χ0v) is 27.1. The van der Waals surface area contributed by atoms with Crippen LogP contribution in [0.5, 0.6) is 34.5 Å². The summed E-state index contributed by atoms with van der Waals surface area (Å²) < 4.78 is 33.0. The lowest BCUT2D eigenvalue weighted by molar-refractivity contribution is 0.357. The van der Waals surface area contributed by atoms with Crippen LogP contribution in [0.2, 0.25) is 0 Å². The highest BCUT2D eigenvalue weighted by molar-refractivity contribution is 6.64. The van der Waals surface area contributed by atoms with Crippen LogP contribution in [0.1, 0.15) is 6.92 Å². The minimum atomic E-state index is -0.878. The summed E-state index contributed by atoms with van der Waals surface area (Å²) in [6.45, 7) is 1.94. The van der Waals surface area contributed by atoms with E-state index in [1.807, 2.05) is 61.5 Å². The summed E-state index contributed by atoms with van der Waals surface area (Å²) >= 11 is 0. The van der Waals surface area contributed by atoms with E-state index in [9.17, 15) is 0 Å². The van der Waals surface area contributed by atoms with Crippen LogP contribution < -0.4 is 44.0 Å². The van der Waals surface area contributed by atoms with Gasteiger partial charge in [0.05, 0.1) is 42.7 Å². The number of ether oxygens (including phenoxy) is 6. The van der Waals surface area contributed by atoms with Gasteiger partial charge in [0.1, 0.15) is 5.41 Å². The Morgan fingerprint density at radius 2 is 0.756 bits per heavy atom. The fourth-order valence-corrected chi connectivity index (χ4v) is 6.62. The Morgan fingerprint density at radius 1 is 0.463 bits per heavy atom. The molecule has 0 aliphatic rings. The van der Waals surface area contributed by atoms with Crippen molar-refractivity contribution in [1.82, 2.24) is 0 Å². The summed E-state index contributed by atoms with van der Waals surface area (Å²) in [5.41, 5.74) is 9.03. The Balaban J connectivity index is 1.96. The van der Waals surface area contributed by atoms with Crippen LogP contribution in [-0.2, 0) is 0 Å². The van der Waals surface area contributed by atoms with Crippen molar-refractivity contribution in [2.75, 3.05) is 42.7 Å². The first-order chi connectivity index (χ1) is 19.9.